The molecule has 0 aromatic carbocycles. The number of nitriles is 1. The highest BCUT2D eigenvalue weighted by atomic mass is 16.6. The lowest BCUT2D eigenvalue weighted by molar-refractivity contribution is 0.0275. The molecule has 2 fully saturated rings. The summed E-state index contributed by atoms with van der Waals surface area (Å²) in [6.07, 6.45) is 2.40. The molecular weight excluding hydrogens is 384 g/mol. The molecule has 0 aliphatic carbocycles. The largest absolute Gasteiger partial charge is 0.488 e. The van der Waals surface area contributed by atoms with Crippen molar-refractivity contribution in [1.82, 2.24) is 14.8 Å². The Morgan fingerprint density at radius 1 is 1.30 bits per heavy atom. The van der Waals surface area contributed by atoms with E-state index >= 15 is 0 Å². The minimum absolute atomic E-state index is 0.0408. The average molecular weight is 417 g/mol. The van der Waals surface area contributed by atoms with Crippen molar-refractivity contribution in [3.63, 3.8) is 0 Å². The number of ether oxygens (including phenoxy) is 3. The van der Waals surface area contributed by atoms with Crippen molar-refractivity contribution >= 4 is 6.09 Å². The summed E-state index contributed by atoms with van der Waals surface area (Å²) in [5, 5.41) is 9.36. The van der Waals surface area contributed by atoms with Crippen LogP contribution in [0.4, 0.5) is 4.79 Å². The molecule has 0 bridgehead atoms. The van der Waals surface area contributed by atoms with E-state index < -0.39 is 5.60 Å². The molecule has 2 aliphatic rings. The van der Waals surface area contributed by atoms with Gasteiger partial charge in [-0.3, -0.25) is 4.90 Å². The first kappa shape index (κ1) is 22.2. The Bertz CT molecular complexity index is 801. The van der Waals surface area contributed by atoms with Gasteiger partial charge in [0.05, 0.1) is 6.54 Å². The van der Waals surface area contributed by atoms with Gasteiger partial charge in [-0.1, -0.05) is 0 Å². The number of pyridine rings is 1. The van der Waals surface area contributed by atoms with Gasteiger partial charge in [-0.25, -0.2) is 9.78 Å². The minimum Gasteiger partial charge on any atom is -0.488 e. The van der Waals surface area contributed by atoms with E-state index in [1.165, 1.54) is 0 Å². The maximum atomic E-state index is 12.3. The lowest BCUT2D eigenvalue weighted by Gasteiger charge is -2.26. The van der Waals surface area contributed by atoms with Gasteiger partial charge in [0.1, 0.15) is 35.3 Å². The highest BCUT2D eigenvalue weighted by molar-refractivity contribution is 5.68. The molecule has 30 heavy (non-hydrogen) atoms. The molecule has 3 heterocycles. The smallest absolute Gasteiger partial charge is 0.410 e. The monoisotopic (exact) mass is 416 g/mol. The van der Waals surface area contributed by atoms with Crippen molar-refractivity contribution in [2.75, 3.05) is 26.7 Å². The third kappa shape index (κ3) is 5.76. The second-order valence-electron chi connectivity index (χ2n) is 9.11. The van der Waals surface area contributed by atoms with Crippen LogP contribution < -0.4 is 9.47 Å². The number of carbonyl (C=O) groups is 1. The molecule has 3 atom stereocenters. The van der Waals surface area contributed by atoms with Crippen LogP contribution in [0, 0.1) is 11.3 Å². The number of aromatic nitrogens is 1. The van der Waals surface area contributed by atoms with Crippen LogP contribution >= 0.6 is 0 Å². The SMILES string of the molecule is C[C@H](Oc1cc(O[C@H]2CCN(C(=O)OC(C)(C)C)C2)cc(C#N)n1)[C@@H]1CCCN1C. The van der Waals surface area contributed by atoms with E-state index in [4.69, 9.17) is 14.2 Å². The second kappa shape index (κ2) is 9.09. The Labute approximate surface area is 178 Å². The molecule has 0 spiro atoms. The molecule has 8 nitrogen and oxygen atoms in total. The summed E-state index contributed by atoms with van der Waals surface area (Å²) in [6.45, 7) is 9.66. The van der Waals surface area contributed by atoms with Crippen LogP contribution in [0.25, 0.3) is 0 Å². The second-order valence-corrected chi connectivity index (χ2v) is 9.11. The third-order valence-corrected chi connectivity index (χ3v) is 5.41. The topological polar surface area (TPSA) is 87.9 Å². The van der Waals surface area contributed by atoms with Crippen molar-refractivity contribution in [2.45, 2.75) is 70.8 Å². The quantitative estimate of drug-likeness (QED) is 0.728. The number of nitrogens with zero attached hydrogens (tertiary/aromatic N) is 4. The zero-order chi connectivity index (χ0) is 21.9. The fourth-order valence-electron chi connectivity index (χ4n) is 3.97. The van der Waals surface area contributed by atoms with E-state index in [1.54, 1.807) is 17.0 Å². The molecule has 0 saturated carbocycles. The maximum Gasteiger partial charge on any atom is 0.410 e. The first-order valence-electron chi connectivity index (χ1n) is 10.6. The fourth-order valence-corrected chi connectivity index (χ4v) is 3.97. The fraction of sp³-hybridized carbons (Fsp3) is 0.682. The normalized spacial score (nSPS) is 23.1. The van der Waals surface area contributed by atoms with Crippen LogP contribution in [0.1, 0.15) is 52.7 Å². The Morgan fingerprint density at radius 2 is 2.07 bits per heavy atom. The molecule has 2 saturated heterocycles. The van der Waals surface area contributed by atoms with Crippen LogP contribution in [0.2, 0.25) is 0 Å². The van der Waals surface area contributed by atoms with E-state index in [-0.39, 0.29) is 24.0 Å². The van der Waals surface area contributed by atoms with Gasteiger partial charge in [0.25, 0.3) is 0 Å². The van der Waals surface area contributed by atoms with Crippen LogP contribution in [-0.2, 0) is 4.74 Å². The van der Waals surface area contributed by atoms with E-state index in [1.807, 2.05) is 27.7 Å². The molecule has 164 valence electrons. The van der Waals surface area contributed by atoms with Crippen LogP contribution in [0.5, 0.6) is 11.6 Å². The lowest BCUT2D eigenvalue weighted by atomic mass is 10.1. The number of amides is 1. The van der Waals surface area contributed by atoms with Gasteiger partial charge in [-0.05, 0) is 54.1 Å². The van der Waals surface area contributed by atoms with E-state index in [9.17, 15) is 10.1 Å². The molecule has 8 heteroatoms. The standard InChI is InChI=1S/C22H32N4O4/c1-15(19-7-6-9-25(19)5)28-20-12-18(11-16(13-23)24-20)29-17-8-10-26(14-17)21(27)30-22(2,3)4/h11-12,15,17,19H,6-10,14H2,1-5H3/t15-,17-,19-/m0/s1. The summed E-state index contributed by atoms with van der Waals surface area (Å²) in [4.78, 5) is 20.5. The summed E-state index contributed by atoms with van der Waals surface area (Å²) in [6, 6.07) is 5.73. The van der Waals surface area contributed by atoms with Crippen molar-refractivity contribution in [1.29, 1.82) is 5.26 Å². The van der Waals surface area contributed by atoms with Crippen molar-refractivity contribution in [3.05, 3.63) is 17.8 Å². The van der Waals surface area contributed by atoms with Gasteiger partial charge in [0.2, 0.25) is 5.88 Å². The van der Waals surface area contributed by atoms with Gasteiger partial charge in [0.15, 0.2) is 0 Å². The van der Waals surface area contributed by atoms with Gasteiger partial charge in [-0.2, -0.15) is 5.26 Å². The summed E-state index contributed by atoms with van der Waals surface area (Å²) in [5.41, 5.74) is -0.282. The summed E-state index contributed by atoms with van der Waals surface area (Å²) in [5.74, 6) is 0.915. The Morgan fingerprint density at radius 3 is 2.70 bits per heavy atom. The van der Waals surface area contributed by atoms with E-state index in [0.717, 1.165) is 19.4 Å². The number of likely N-dealkylation sites (tertiary alicyclic amines) is 2. The third-order valence-electron chi connectivity index (χ3n) is 5.41. The predicted octanol–water partition coefficient (Wildman–Crippen LogP) is 3.20. The summed E-state index contributed by atoms with van der Waals surface area (Å²) < 4.78 is 17.6. The van der Waals surface area contributed by atoms with Gasteiger partial charge < -0.3 is 19.1 Å². The number of carbonyl (C=O) groups excluding carboxylic acids is 1. The Hall–Kier alpha value is -2.53. The molecule has 3 rings (SSSR count). The molecule has 0 radical (unpaired) electrons. The molecule has 1 aromatic heterocycles. The number of hydrogen-bond donors (Lipinski definition) is 0. The Kier molecular flexibility index (Phi) is 6.71. The summed E-state index contributed by atoms with van der Waals surface area (Å²) in [7, 11) is 2.10. The predicted molar refractivity (Wildman–Crippen MR) is 112 cm³/mol. The van der Waals surface area contributed by atoms with E-state index in [0.29, 0.717) is 37.2 Å². The maximum absolute atomic E-state index is 12.3. The molecule has 0 unspecified atom stereocenters. The molecule has 2 aliphatic heterocycles. The van der Waals surface area contributed by atoms with Gasteiger partial charge in [-0.15, -0.1) is 0 Å². The zero-order valence-electron chi connectivity index (χ0n) is 18.6. The van der Waals surface area contributed by atoms with Gasteiger partial charge >= 0.3 is 6.09 Å². The average Bonchev–Trinajstić information content (AvgIpc) is 3.29. The number of hydrogen-bond acceptors (Lipinski definition) is 7. The van der Waals surface area contributed by atoms with Gasteiger partial charge in [0, 0.05) is 31.1 Å². The number of rotatable bonds is 5. The van der Waals surface area contributed by atoms with Crippen LogP contribution in [-0.4, -0.2) is 71.4 Å². The minimum atomic E-state index is -0.529. The van der Waals surface area contributed by atoms with Crippen LogP contribution in [0.3, 0.4) is 0 Å². The highest BCUT2D eigenvalue weighted by Gasteiger charge is 2.31. The zero-order valence-corrected chi connectivity index (χ0v) is 18.6. The first-order chi connectivity index (χ1) is 14.1. The molecule has 1 amide bonds. The first-order valence-corrected chi connectivity index (χ1v) is 10.6. The molecular formula is C22H32N4O4. The van der Waals surface area contributed by atoms with E-state index in [2.05, 4.69) is 23.0 Å². The lowest BCUT2D eigenvalue weighted by Crippen LogP contribution is -2.38. The molecule has 0 N–H and O–H groups in total. The van der Waals surface area contributed by atoms with Crippen molar-refractivity contribution in [2.24, 2.45) is 0 Å². The molecule has 1 aromatic rings. The number of likely N-dealkylation sites (N-methyl/N-ethyl adjacent to an activating group) is 1. The van der Waals surface area contributed by atoms with Crippen molar-refractivity contribution < 1.29 is 19.0 Å². The van der Waals surface area contributed by atoms with Crippen LogP contribution in [0.15, 0.2) is 12.1 Å². The summed E-state index contributed by atoms with van der Waals surface area (Å²) >= 11 is 0. The Balaban J connectivity index is 1.63. The van der Waals surface area contributed by atoms with Crippen molar-refractivity contribution in [3.8, 4) is 17.7 Å². The highest BCUT2D eigenvalue weighted by Crippen LogP contribution is 2.26.